The van der Waals surface area contributed by atoms with Gasteiger partial charge in [0.25, 0.3) is 10.1 Å². The number of methoxy groups -OCH3 is 1. The van der Waals surface area contributed by atoms with E-state index < -0.39 is 10.1 Å². The molecule has 6 heteroatoms. The van der Waals surface area contributed by atoms with Crippen LogP contribution in [0.5, 0.6) is 5.75 Å². The molecule has 1 heterocycles. The Morgan fingerprint density at radius 3 is 2.85 bits per heavy atom. The molecule has 0 unspecified atom stereocenters. The van der Waals surface area contributed by atoms with Gasteiger partial charge in [0.05, 0.1) is 26.6 Å². The maximum Gasteiger partial charge on any atom is 0.267 e. The zero-order valence-electron chi connectivity index (χ0n) is 11.7. The Bertz CT molecular complexity index is 540. The summed E-state index contributed by atoms with van der Waals surface area (Å²) in [6.45, 7) is 1.08. The normalized spacial score (nSPS) is 23.5. The monoisotopic (exact) mass is 300 g/mol. The van der Waals surface area contributed by atoms with Crippen LogP contribution < -0.4 is 4.74 Å². The zero-order chi connectivity index (χ0) is 14.6. The topological polar surface area (TPSA) is 61.8 Å². The first-order valence-corrected chi connectivity index (χ1v) is 8.13. The fourth-order valence-electron chi connectivity index (χ4n) is 2.60. The lowest BCUT2D eigenvalue weighted by molar-refractivity contribution is 0.0476. The minimum Gasteiger partial charge on any atom is -0.497 e. The SMILES string of the molecule is COc1cccc([C@@H]2CCOC[C@H]2CS(=O)(=O)OC)c1. The van der Waals surface area contributed by atoms with E-state index in [0.717, 1.165) is 17.7 Å². The van der Waals surface area contributed by atoms with Crippen LogP contribution in [0.1, 0.15) is 17.9 Å². The lowest BCUT2D eigenvalue weighted by Gasteiger charge is -2.31. The van der Waals surface area contributed by atoms with Crippen LogP contribution in [0, 0.1) is 5.92 Å². The molecule has 0 spiro atoms. The Balaban J connectivity index is 2.22. The molecule has 1 aliphatic heterocycles. The molecule has 2 rings (SSSR count). The molecule has 1 aliphatic rings. The van der Waals surface area contributed by atoms with Gasteiger partial charge in [-0.2, -0.15) is 8.42 Å². The highest BCUT2D eigenvalue weighted by Crippen LogP contribution is 2.34. The number of rotatable bonds is 5. The van der Waals surface area contributed by atoms with Crippen molar-refractivity contribution in [3.05, 3.63) is 29.8 Å². The van der Waals surface area contributed by atoms with Gasteiger partial charge in [-0.05, 0) is 30.0 Å². The summed E-state index contributed by atoms with van der Waals surface area (Å²) < 4.78 is 38.5. The van der Waals surface area contributed by atoms with E-state index in [9.17, 15) is 8.42 Å². The molecule has 0 amide bonds. The van der Waals surface area contributed by atoms with Crippen LogP contribution in [0.4, 0.5) is 0 Å². The van der Waals surface area contributed by atoms with Gasteiger partial charge >= 0.3 is 0 Å². The van der Waals surface area contributed by atoms with E-state index in [1.165, 1.54) is 7.11 Å². The molecule has 5 nitrogen and oxygen atoms in total. The van der Waals surface area contributed by atoms with Gasteiger partial charge in [0, 0.05) is 12.5 Å². The Kier molecular flexibility index (Phi) is 5.01. The van der Waals surface area contributed by atoms with Crippen molar-refractivity contribution >= 4 is 10.1 Å². The average Bonchev–Trinajstić information content (AvgIpc) is 2.47. The molecule has 20 heavy (non-hydrogen) atoms. The molecule has 2 atom stereocenters. The molecular formula is C14H20O5S. The fourth-order valence-corrected chi connectivity index (χ4v) is 3.59. The molecule has 1 saturated heterocycles. The van der Waals surface area contributed by atoms with Crippen LogP contribution in [-0.4, -0.2) is 41.6 Å². The van der Waals surface area contributed by atoms with Crippen molar-refractivity contribution in [2.24, 2.45) is 5.92 Å². The Labute approximate surface area is 120 Å². The van der Waals surface area contributed by atoms with Crippen LogP contribution in [0.25, 0.3) is 0 Å². The second kappa shape index (κ2) is 6.56. The van der Waals surface area contributed by atoms with Gasteiger partial charge in [0.2, 0.25) is 0 Å². The summed E-state index contributed by atoms with van der Waals surface area (Å²) in [6.07, 6.45) is 0.803. The van der Waals surface area contributed by atoms with Crippen molar-refractivity contribution in [3.8, 4) is 5.75 Å². The Morgan fingerprint density at radius 1 is 1.35 bits per heavy atom. The summed E-state index contributed by atoms with van der Waals surface area (Å²) in [5, 5.41) is 0. The van der Waals surface area contributed by atoms with Crippen LogP contribution in [0.3, 0.4) is 0 Å². The van der Waals surface area contributed by atoms with Gasteiger partial charge in [0.15, 0.2) is 0 Å². The third-order valence-corrected chi connectivity index (χ3v) is 5.01. The standard InChI is InChI=1S/C14H20O5S/c1-17-13-5-3-4-11(8-13)14-6-7-19-9-12(14)10-20(15,16)18-2/h3-5,8,12,14H,6-7,9-10H2,1-2H3/t12-,14-/m0/s1. The highest BCUT2D eigenvalue weighted by atomic mass is 32.2. The van der Waals surface area contributed by atoms with Crippen molar-refractivity contribution in [3.63, 3.8) is 0 Å². The van der Waals surface area contributed by atoms with E-state index in [2.05, 4.69) is 4.18 Å². The molecule has 0 N–H and O–H groups in total. The van der Waals surface area contributed by atoms with Gasteiger partial charge in [0.1, 0.15) is 5.75 Å². The van der Waals surface area contributed by atoms with E-state index >= 15 is 0 Å². The molecule has 0 aromatic heterocycles. The minimum atomic E-state index is -3.49. The third-order valence-electron chi connectivity index (χ3n) is 3.67. The second-order valence-electron chi connectivity index (χ2n) is 4.90. The summed E-state index contributed by atoms with van der Waals surface area (Å²) in [5.74, 6) is 0.803. The van der Waals surface area contributed by atoms with Gasteiger partial charge in [-0.15, -0.1) is 0 Å². The van der Waals surface area contributed by atoms with E-state index in [-0.39, 0.29) is 17.6 Å². The highest BCUT2D eigenvalue weighted by Gasteiger charge is 2.31. The van der Waals surface area contributed by atoms with Crippen LogP contribution >= 0.6 is 0 Å². The van der Waals surface area contributed by atoms with E-state index in [1.54, 1.807) is 7.11 Å². The first kappa shape index (κ1) is 15.3. The summed E-state index contributed by atoms with van der Waals surface area (Å²) in [5.41, 5.74) is 1.09. The summed E-state index contributed by atoms with van der Waals surface area (Å²) in [6, 6.07) is 7.77. The predicted molar refractivity (Wildman–Crippen MR) is 75.5 cm³/mol. The number of hydrogen-bond donors (Lipinski definition) is 0. The van der Waals surface area contributed by atoms with Gasteiger partial charge < -0.3 is 9.47 Å². The zero-order valence-corrected chi connectivity index (χ0v) is 12.6. The number of ether oxygens (including phenoxy) is 2. The van der Waals surface area contributed by atoms with Crippen molar-refractivity contribution in [2.75, 3.05) is 33.2 Å². The van der Waals surface area contributed by atoms with Crippen molar-refractivity contribution in [1.82, 2.24) is 0 Å². The molecule has 1 aromatic rings. The number of hydrogen-bond acceptors (Lipinski definition) is 5. The van der Waals surface area contributed by atoms with E-state index in [4.69, 9.17) is 9.47 Å². The number of benzene rings is 1. The van der Waals surface area contributed by atoms with Gasteiger partial charge in [-0.25, -0.2) is 0 Å². The van der Waals surface area contributed by atoms with Crippen LogP contribution in [-0.2, 0) is 19.0 Å². The maximum atomic E-state index is 11.7. The molecule has 0 aliphatic carbocycles. The van der Waals surface area contributed by atoms with Crippen molar-refractivity contribution in [1.29, 1.82) is 0 Å². The van der Waals surface area contributed by atoms with E-state index in [1.807, 2.05) is 24.3 Å². The van der Waals surface area contributed by atoms with Crippen molar-refractivity contribution in [2.45, 2.75) is 12.3 Å². The Hall–Kier alpha value is -1.11. The molecule has 1 fully saturated rings. The fraction of sp³-hybridized carbons (Fsp3) is 0.571. The lowest BCUT2D eigenvalue weighted by atomic mass is 9.84. The summed E-state index contributed by atoms with van der Waals surface area (Å²) >= 11 is 0. The average molecular weight is 300 g/mol. The van der Waals surface area contributed by atoms with Crippen LogP contribution in [0.2, 0.25) is 0 Å². The first-order valence-electron chi connectivity index (χ1n) is 6.55. The summed E-state index contributed by atoms with van der Waals surface area (Å²) in [7, 11) is -0.672. The second-order valence-corrected chi connectivity index (χ2v) is 6.68. The molecule has 0 saturated carbocycles. The molecule has 0 radical (unpaired) electrons. The van der Waals surface area contributed by atoms with Crippen molar-refractivity contribution < 1.29 is 22.1 Å². The lowest BCUT2D eigenvalue weighted by Crippen LogP contribution is -2.32. The maximum absolute atomic E-state index is 11.7. The van der Waals surface area contributed by atoms with Crippen LogP contribution in [0.15, 0.2) is 24.3 Å². The quantitative estimate of drug-likeness (QED) is 0.776. The molecule has 0 bridgehead atoms. The highest BCUT2D eigenvalue weighted by molar-refractivity contribution is 7.86. The smallest absolute Gasteiger partial charge is 0.267 e. The minimum absolute atomic E-state index is 0.0224. The first-order chi connectivity index (χ1) is 9.55. The summed E-state index contributed by atoms with van der Waals surface area (Å²) in [4.78, 5) is 0. The Morgan fingerprint density at radius 2 is 2.15 bits per heavy atom. The largest absolute Gasteiger partial charge is 0.497 e. The van der Waals surface area contributed by atoms with E-state index in [0.29, 0.717) is 13.2 Å². The molecule has 1 aromatic carbocycles. The van der Waals surface area contributed by atoms with Gasteiger partial charge in [-0.3, -0.25) is 4.18 Å². The van der Waals surface area contributed by atoms with Gasteiger partial charge in [-0.1, -0.05) is 12.1 Å². The molecule has 112 valence electrons. The molecular weight excluding hydrogens is 280 g/mol. The predicted octanol–water partition coefficient (Wildman–Crippen LogP) is 1.79. The third kappa shape index (κ3) is 3.71.